The van der Waals surface area contributed by atoms with Crippen LogP contribution in [0.15, 0.2) is 30.5 Å². The molecule has 1 unspecified atom stereocenters. The van der Waals surface area contributed by atoms with Gasteiger partial charge < -0.3 is 0 Å². The molecule has 1 N–H and O–H groups in total. The van der Waals surface area contributed by atoms with Gasteiger partial charge in [-0.05, 0) is 31.5 Å². The molecule has 0 saturated heterocycles. The summed E-state index contributed by atoms with van der Waals surface area (Å²) in [6, 6.07) is 8.24. The van der Waals surface area contributed by atoms with E-state index in [-0.39, 0.29) is 6.04 Å². The number of hydrogen-bond donors (Lipinski definition) is 1. The van der Waals surface area contributed by atoms with Gasteiger partial charge in [0.2, 0.25) is 10.0 Å². The highest BCUT2D eigenvalue weighted by molar-refractivity contribution is 7.88. The molecule has 2 aromatic heterocycles. The minimum atomic E-state index is -3.16. The number of nitrogens with one attached hydrogen (secondary N) is 1. The summed E-state index contributed by atoms with van der Waals surface area (Å²) in [4.78, 5) is 6.91. The molecule has 8 heteroatoms. The summed E-state index contributed by atoms with van der Waals surface area (Å²) in [6.45, 7) is 4.85. The first kappa shape index (κ1) is 17.1. The van der Waals surface area contributed by atoms with Crippen molar-refractivity contribution in [2.24, 2.45) is 0 Å². The van der Waals surface area contributed by atoms with Gasteiger partial charge in [0.15, 0.2) is 0 Å². The van der Waals surface area contributed by atoms with Gasteiger partial charge in [-0.1, -0.05) is 6.07 Å². The van der Waals surface area contributed by atoms with Crippen LogP contribution in [0.5, 0.6) is 0 Å². The Morgan fingerprint density at radius 2 is 2.17 bits per heavy atom. The fourth-order valence-corrected chi connectivity index (χ4v) is 3.61. The highest BCUT2D eigenvalue weighted by atomic mass is 32.2. The Bertz CT molecular complexity index is 802. The molecular formula is C16H23N5O2S. The number of aromatic nitrogens is 3. The summed E-state index contributed by atoms with van der Waals surface area (Å²) >= 11 is 0. The molecule has 130 valence electrons. The molecule has 0 spiro atoms. The maximum Gasteiger partial charge on any atom is 0.208 e. The fraction of sp³-hybridized carbons (Fsp3) is 0.500. The lowest BCUT2D eigenvalue weighted by molar-refractivity contribution is 0.160. The van der Waals surface area contributed by atoms with E-state index in [1.165, 1.54) is 6.26 Å². The highest BCUT2D eigenvalue weighted by Crippen LogP contribution is 2.23. The molecule has 0 aliphatic carbocycles. The molecular weight excluding hydrogens is 326 g/mol. The Morgan fingerprint density at radius 3 is 2.92 bits per heavy atom. The van der Waals surface area contributed by atoms with E-state index in [9.17, 15) is 8.42 Å². The SMILES string of the molecule is Cc1cccc(CN2Cc3ccnn3C(CCNS(C)(=O)=O)C2)n1. The van der Waals surface area contributed by atoms with E-state index in [4.69, 9.17) is 0 Å². The molecule has 0 amide bonds. The maximum absolute atomic E-state index is 11.3. The molecule has 0 bridgehead atoms. The van der Waals surface area contributed by atoms with Gasteiger partial charge in [-0.2, -0.15) is 5.10 Å². The minimum absolute atomic E-state index is 0.155. The zero-order valence-electron chi connectivity index (χ0n) is 14.0. The Morgan fingerprint density at radius 1 is 1.33 bits per heavy atom. The number of rotatable bonds is 6. The normalized spacial score (nSPS) is 18.5. The van der Waals surface area contributed by atoms with Crippen molar-refractivity contribution in [1.82, 2.24) is 24.4 Å². The second-order valence-corrected chi connectivity index (χ2v) is 8.15. The summed E-state index contributed by atoms with van der Waals surface area (Å²) < 4.78 is 27.1. The van der Waals surface area contributed by atoms with Gasteiger partial charge in [0, 0.05) is 38.1 Å². The number of pyridine rings is 1. The van der Waals surface area contributed by atoms with Gasteiger partial charge in [-0.3, -0.25) is 14.6 Å². The summed E-state index contributed by atoms with van der Waals surface area (Å²) in [5, 5.41) is 4.41. The zero-order valence-corrected chi connectivity index (χ0v) is 14.8. The molecule has 3 rings (SSSR count). The minimum Gasteiger partial charge on any atom is -0.290 e. The Kier molecular flexibility index (Phi) is 4.98. The molecule has 0 radical (unpaired) electrons. The van der Waals surface area contributed by atoms with Crippen LogP contribution in [0.3, 0.4) is 0 Å². The third-order valence-electron chi connectivity index (χ3n) is 4.13. The first-order chi connectivity index (χ1) is 11.4. The number of fused-ring (bicyclic) bond motifs is 1. The van der Waals surface area contributed by atoms with E-state index < -0.39 is 10.0 Å². The average molecular weight is 349 g/mol. The van der Waals surface area contributed by atoms with Gasteiger partial charge in [0.1, 0.15) is 0 Å². The van der Waals surface area contributed by atoms with Crippen LogP contribution >= 0.6 is 0 Å². The van der Waals surface area contributed by atoms with Crippen LogP contribution in [0.2, 0.25) is 0 Å². The van der Waals surface area contributed by atoms with E-state index in [1.54, 1.807) is 6.20 Å². The van der Waals surface area contributed by atoms with Gasteiger partial charge in [-0.25, -0.2) is 13.1 Å². The van der Waals surface area contributed by atoms with Crippen LogP contribution in [0.25, 0.3) is 0 Å². The van der Waals surface area contributed by atoms with Gasteiger partial charge in [0.25, 0.3) is 0 Å². The predicted octanol–water partition coefficient (Wildman–Crippen LogP) is 1.08. The van der Waals surface area contributed by atoms with Crippen LogP contribution in [0.1, 0.15) is 29.5 Å². The first-order valence-electron chi connectivity index (χ1n) is 8.02. The van der Waals surface area contributed by atoms with Gasteiger partial charge in [0.05, 0.1) is 23.7 Å². The van der Waals surface area contributed by atoms with Crippen LogP contribution in [0, 0.1) is 6.92 Å². The van der Waals surface area contributed by atoms with Crippen molar-refractivity contribution in [3.63, 3.8) is 0 Å². The van der Waals surface area contributed by atoms with E-state index in [1.807, 2.05) is 35.9 Å². The summed E-state index contributed by atoms with van der Waals surface area (Å²) in [6.07, 6.45) is 3.70. The Hall–Kier alpha value is -1.77. The number of aryl methyl sites for hydroxylation is 1. The van der Waals surface area contributed by atoms with Crippen LogP contribution < -0.4 is 4.72 Å². The molecule has 0 fully saturated rings. The fourth-order valence-electron chi connectivity index (χ4n) is 3.13. The lowest BCUT2D eigenvalue weighted by Crippen LogP contribution is -2.39. The molecule has 1 atom stereocenters. The largest absolute Gasteiger partial charge is 0.290 e. The standard InChI is InChI=1S/C16H23N5O2S/c1-13-4-3-5-14(19-13)10-20-11-15-6-8-17-21(15)16(12-20)7-9-18-24(2,22)23/h3-6,8,16,18H,7,9-12H2,1-2H3. The van der Waals surface area contributed by atoms with Gasteiger partial charge >= 0.3 is 0 Å². The Labute approximate surface area is 142 Å². The molecule has 1 aliphatic rings. The maximum atomic E-state index is 11.3. The lowest BCUT2D eigenvalue weighted by atomic mass is 10.1. The van der Waals surface area contributed by atoms with Crippen molar-refractivity contribution >= 4 is 10.0 Å². The smallest absolute Gasteiger partial charge is 0.208 e. The van der Waals surface area contributed by atoms with E-state index in [2.05, 4.69) is 19.7 Å². The van der Waals surface area contributed by atoms with Crippen molar-refractivity contribution in [1.29, 1.82) is 0 Å². The second-order valence-electron chi connectivity index (χ2n) is 6.32. The molecule has 2 aromatic rings. The quantitative estimate of drug-likeness (QED) is 0.844. The molecule has 1 aliphatic heterocycles. The van der Waals surface area contributed by atoms with Crippen LogP contribution in [-0.4, -0.2) is 47.4 Å². The van der Waals surface area contributed by atoms with E-state index >= 15 is 0 Å². The first-order valence-corrected chi connectivity index (χ1v) is 9.92. The van der Waals surface area contributed by atoms with Crippen LogP contribution in [0.4, 0.5) is 0 Å². The lowest BCUT2D eigenvalue weighted by Gasteiger charge is -2.33. The van der Waals surface area contributed by atoms with Crippen molar-refractivity contribution in [2.75, 3.05) is 19.3 Å². The second kappa shape index (κ2) is 7.00. The summed E-state index contributed by atoms with van der Waals surface area (Å²) in [5.74, 6) is 0. The van der Waals surface area contributed by atoms with Crippen molar-refractivity contribution < 1.29 is 8.42 Å². The average Bonchev–Trinajstić information content (AvgIpc) is 2.94. The van der Waals surface area contributed by atoms with Gasteiger partial charge in [-0.15, -0.1) is 0 Å². The Balaban J connectivity index is 1.68. The summed E-state index contributed by atoms with van der Waals surface area (Å²) in [7, 11) is -3.16. The van der Waals surface area contributed by atoms with Crippen LogP contribution in [-0.2, 0) is 23.1 Å². The summed E-state index contributed by atoms with van der Waals surface area (Å²) in [5.41, 5.74) is 3.22. The van der Waals surface area contributed by atoms with E-state index in [0.717, 1.165) is 36.7 Å². The molecule has 0 aromatic carbocycles. The van der Waals surface area contributed by atoms with Crippen molar-refractivity contribution in [3.05, 3.63) is 47.5 Å². The zero-order chi connectivity index (χ0) is 17.2. The van der Waals surface area contributed by atoms with Crippen molar-refractivity contribution in [3.8, 4) is 0 Å². The van der Waals surface area contributed by atoms with Crippen molar-refractivity contribution in [2.45, 2.75) is 32.5 Å². The third kappa shape index (κ3) is 4.40. The number of hydrogen-bond acceptors (Lipinski definition) is 5. The predicted molar refractivity (Wildman–Crippen MR) is 91.8 cm³/mol. The highest BCUT2D eigenvalue weighted by Gasteiger charge is 2.25. The monoisotopic (exact) mass is 349 g/mol. The molecule has 7 nitrogen and oxygen atoms in total. The molecule has 0 saturated carbocycles. The topological polar surface area (TPSA) is 80.1 Å². The van der Waals surface area contributed by atoms with E-state index in [0.29, 0.717) is 13.0 Å². The molecule has 3 heterocycles. The third-order valence-corrected chi connectivity index (χ3v) is 4.85. The number of nitrogens with zero attached hydrogens (tertiary/aromatic N) is 4. The molecule has 24 heavy (non-hydrogen) atoms. The number of sulfonamides is 1.